The Morgan fingerprint density at radius 2 is 2.09 bits per heavy atom. The van der Waals surface area contributed by atoms with Crippen LogP contribution >= 0.6 is 11.3 Å². The second-order valence-corrected chi connectivity index (χ2v) is 3.18. The van der Waals surface area contributed by atoms with E-state index >= 15 is 0 Å². The Kier molecular flexibility index (Phi) is 1.32. The van der Waals surface area contributed by atoms with E-state index < -0.39 is 5.82 Å². The lowest BCUT2D eigenvalue weighted by molar-refractivity contribution is 0.436. The summed E-state index contributed by atoms with van der Waals surface area (Å²) in [7, 11) is 0. The minimum atomic E-state index is -0.524. The van der Waals surface area contributed by atoms with Gasteiger partial charge in [0.05, 0.1) is 0 Å². The lowest BCUT2D eigenvalue weighted by Gasteiger charge is -1.94. The van der Waals surface area contributed by atoms with Crippen molar-refractivity contribution in [1.29, 1.82) is 0 Å². The van der Waals surface area contributed by atoms with Gasteiger partial charge in [0.1, 0.15) is 0 Å². The minimum Gasteiger partial charge on any atom is -0.505 e. The number of thiophene rings is 1. The van der Waals surface area contributed by atoms with Gasteiger partial charge in [-0.05, 0) is 23.6 Å². The van der Waals surface area contributed by atoms with Crippen LogP contribution in [0.4, 0.5) is 4.39 Å². The molecule has 1 aromatic heterocycles. The Hall–Kier alpha value is -1.09. The number of rotatable bonds is 0. The van der Waals surface area contributed by atoms with Crippen LogP contribution in [0.2, 0.25) is 0 Å². The number of hydrogen-bond acceptors (Lipinski definition) is 2. The summed E-state index contributed by atoms with van der Waals surface area (Å²) in [4.78, 5) is 0. The van der Waals surface area contributed by atoms with E-state index in [1.54, 1.807) is 17.5 Å². The van der Waals surface area contributed by atoms with Crippen LogP contribution in [0.3, 0.4) is 0 Å². The molecule has 56 valence electrons. The first kappa shape index (κ1) is 6.61. The SMILES string of the molecule is Oc1ccc2sccc2c1F. The topological polar surface area (TPSA) is 20.2 Å². The number of phenolic OH excluding ortho intramolecular Hbond substituents is 1. The maximum absolute atomic E-state index is 13.0. The zero-order valence-corrected chi connectivity index (χ0v) is 6.36. The molecule has 1 N–H and O–H groups in total. The minimum absolute atomic E-state index is 0.282. The van der Waals surface area contributed by atoms with Crippen molar-refractivity contribution in [3.63, 3.8) is 0 Å². The van der Waals surface area contributed by atoms with Gasteiger partial charge in [0.25, 0.3) is 0 Å². The molecule has 0 atom stereocenters. The molecule has 0 bridgehead atoms. The Morgan fingerprint density at radius 3 is 2.91 bits per heavy atom. The van der Waals surface area contributed by atoms with Crippen molar-refractivity contribution >= 4 is 21.4 Å². The summed E-state index contributed by atoms with van der Waals surface area (Å²) in [6.45, 7) is 0. The van der Waals surface area contributed by atoms with Crippen molar-refractivity contribution in [1.82, 2.24) is 0 Å². The van der Waals surface area contributed by atoms with E-state index in [4.69, 9.17) is 5.11 Å². The standard InChI is InChI=1S/C8H5FOS/c9-8-5-3-4-11-7(5)2-1-6(8)10/h1-4,10H. The van der Waals surface area contributed by atoms with Gasteiger partial charge in [0, 0.05) is 10.1 Å². The second-order valence-electron chi connectivity index (χ2n) is 2.23. The molecule has 0 radical (unpaired) electrons. The highest BCUT2D eigenvalue weighted by Crippen LogP contribution is 2.28. The third-order valence-electron chi connectivity index (χ3n) is 1.55. The molecule has 0 aliphatic carbocycles. The number of aromatic hydroxyl groups is 1. The van der Waals surface area contributed by atoms with Gasteiger partial charge in [-0.15, -0.1) is 11.3 Å². The van der Waals surface area contributed by atoms with Crippen LogP contribution in [0.5, 0.6) is 5.75 Å². The Bertz CT molecular complexity index is 394. The van der Waals surface area contributed by atoms with Crippen LogP contribution in [-0.2, 0) is 0 Å². The first-order chi connectivity index (χ1) is 5.29. The molecule has 0 fully saturated rings. The molecule has 2 aromatic rings. The summed E-state index contributed by atoms with van der Waals surface area (Å²) in [6, 6.07) is 4.74. The molecule has 0 aliphatic rings. The van der Waals surface area contributed by atoms with Gasteiger partial charge < -0.3 is 5.11 Å². The van der Waals surface area contributed by atoms with Gasteiger partial charge in [-0.25, -0.2) is 4.39 Å². The van der Waals surface area contributed by atoms with E-state index in [1.807, 2.05) is 0 Å². The first-order valence-electron chi connectivity index (χ1n) is 3.14. The van der Waals surface area contributed by atoms with Crippen LogP contribution in [0.25, 0.3) is 10.1 Å². The highest BCUT2D eigenvalue weighted by atomic mass is 32.1. The molecule has 1 heterocycles. The average molecular weight is 168 g/mol. The largest absolute Gasteiger partial charge is 0.505 e. The fourth-order valence-electron chi connectivity index (χ4n) is 0.997. The Morgan fingerprint density at radius 1 is 1.27 bits per heavy atom. The molecule has 0 saturated heterocycles. The summed E-state index contributed by atoms with van der Waals surface area (Å²) in [5, 5.41) is 11.3. The first-order valence-corrected chi connectivity index (χ1v) is 4.01. The van der Waals surface area contributed by atoms with Crippen LogP contribution < -0.4 is 0 Å². The molecule has 0 amide bonds. The highest BCUT2D eigenvalue weighted by Gasteiger charge is 2.05. The summed E-state index contributed by atoms with van der Waals surface area (Å²) in [6.07, 6.45) is 0. The van der Waals surface area contributed by atoms with Gasteiger partial charge in [-0.3, -0.25) is 0 Å². The molecule has 11 heavy (non-hydrogen) atoms. The number of halogens is 1. The Balaban J connectivity index is 2.93. The van der Waals surface area contributed by atoms with E-state index in [9.17, 15) is 4.39 Å². The van der Waals surface area contributed by atoms with Crippen molar-refractivity contribution < 1.29 is 9.50 Å². The van der Waals surface area contributed by atoms with E-state index in [0.29, 0.717) is 5.39 Å². The van der Waals surface area contributed by atoms with Gasteiger partial charge in [0.15, 0.2) is 11.6 Å². The third-order valence-corrected chi connectivity index (χ3v) is 2.43. The Labute approximate surface area is 66.7 Å². The van der Waals surface area contributed by atoms with Gasteiger partial charge in [-0.2, -0.15) is 0 Å². The summed E-state index contributed by atoms with van der Waals surface area (Å²) in [5.41, 5.74) is 0. The molecule has 0 aliphatic heterocycles. The maximum Gasteiger partial charge on any atom is 0.173 e. The van der Waals surface area contributed by atoms with Crippen LogP contribution in [-0.4, -0.2) is 5.11 Å². The molecule has 0 unspecified atom stereocenters. The third kappa shape index (κ3) is 0.886. The zero-order valence-electron chi connectivity index (χ0n) is 5.54. The van der Waals surface area contributed by atoms with E-state index in [0.717, 1.165) is 4.70 Å². The van der Waals surface area contributed by atoms with Crippen molar-refractivity contribution in [2.75, 3.05) is 0 Å². The fourth-order valence-corrected chi connectivity index (χ4v) is 1.78. The average Bonchev–Trinajstić information content (AvgIpc) is 2.45. The van der Waals surface area contributed by atoms with E-state index in [1.165, 1.54) is 17.4 Å². The predicted octanol–water partition coefficient (Wildman–Crippen LogP) is 2.75. The molecular weight excluding hydrogens is 163 g/mol. The lowest BCUT2D eigenvalue weighted by Crippen LogP contribution is -1.74. The number of fused-ring (bicyclic) bond motifs is 1. The molecule has 1 aromatic carbocycles. The monoisotopic (exact) mass is 168 g/mol. The molecule has 2 rings (SSSR count). The molecule has 3 heteroatoms. The van der Waals surface area contributed by atoms with E-state index in [2.05, 4.69) is 0 Å². The van der Waals surface area contributed by atoms with Crippen molar-refractivity contribution in [3.8, 4) is 5.75 Å². The molecule has 0 saturated carbocycles. The summed E-state index contributed by atoms with van der Waals surface area (Å²) < 4.78 is 13.8. The molecule has 0 spiro atoms. The van der Waals surface area contributed by atoms with Gasteiger partial charge >= 0.3 is 0 Å². The normalized spacial score (nSPS) is 10.6. The van der Waals surface area contributed by atoms with Crippen LogP contribution in [0.1, 0.15) is 0 Å². The smallest absolute Gasteiger partial charge is 0.173 e. The number of phenols is 1. The quantitative estimate of drug-likeness (QED) is 0.641. The van der Waals surface area contributed by atoms with Crippen molar-refractivity contribution in [3.05, 3.63) is 29.4 Å². The van der Waals surface area contributed by atoms with Crippen LogP contribution in [0, 0.1) is 5.82 Å². The molecule has 1 nitrogen and oxygen atoms in total. The summed E-state index contributed by atoms with van der Waals surface area (Å²) in [5.74, 6) is -0.806. The number of hydrogen-bond donors (Lipinski definition) is 1. The second kappa shape index (κ2) is 2.20. The van der Waals surface area contributed by atoms with Gasteiger partial charge in [-0.1, -0.05) is 0 Å². The summed E-state index contributed by atoms with van der Waals surface area (Å²) >= 11 is 1.46. The van der Waals surface area contributed by atoms with Crippen LogP contribution in [0.15, 0.2) is 23.6 Å². The predicted molar refractivity (Wildman–Crippen MR) is 43.4 cm³/mol. The highest BCUT2D eigenvalue weighted by molar-refractivity contribution is 7.17. The lowest BCUT2D eigenvalue weighted by atomic mass is 10.2. The van der Waals surface area contributed by atoms with Gasteiger partial charge in [0.2, 0.25) is 0 Å². The molecular formula is C8H5FOS. The van der Waals surface area contributed by atoms with E-state index in [-0.39, 0.29) is 5.75 Å². The number of benzene rings is 1. The van der Waals surface area contributed by atoms with Crippen molar-refractivity contribution in [2.45, 2.75) is 0 Å². The maximum atomic E-state index is 13.0. The van der Waals surface area contributed by atoms with Crippen molar-refractivity contribution in [2.24, 2.45) is 0 Å². The zero-order chi connectivity index (χ0) is 7.84. The fraction of sp³-hybridized carbons (Fsp3) is 0.